The number of hydrogen-bond donors (Lipinski definition) is 1. The second kappa shape index (κ2) is 10.6. The summed E-state index contributed by atoms with van der Waals surface area (Å²) in [5.41, 5.74) is 5.26. The van der Waals surface area contributed by atoms with Crippen LogP contribution < -0.4 is 37.2 Å². The van der Waals surface area contributed by atoms with Gasteiger partial charge in [0.15, 0.2) is 0 Å². The molecule has 0 saturated heterocycles. The number of hydrogen-bond acceptors (Lipinski definition) is 1. The maximum atomic E-state index is 10.0. The Balaban J connectivity index is 0.00000144. The summed E-state index contributed by atoms with van der Waals surface area (Å²) in [5, 5.41) is 10.0. The molecule has 0 fully saturated rings. The summed E-state index contributed by atoms with van der Waals surface area (Å²) in [6.45, 7) is 0.201. The van der Waals surface area contributed by atoms with E-state index in [0.717, 1.165) is 0 Å². The fraction of sp³-hybridized carbons (Fsp3) is 0.200. The van der Waals surface area contributed by atoms with Crippen LogP contribution in [-0.4, -0.2) is 11.7 Å². The van der Waals surface area contributed by atoms with E-state index in [1.54, 1.807) is 0 Å². The van der Waals surface area contributed by atoms with Crippen LogP contribution in [0.1, 0.15) is 34.1 Å². The van der Waals surface area contributed by atoms with Crippen molar-refractivity contribution in [1.29, 1.82) is 0 Å². The Bertz CT molecular complexity index is 684. The summed E-state index contributed by atoms with van der Waals surface area (Å²) in [6, 6.07) is 17.0. The van der Waals surface area contributed by atoms with E-state index in [1.165, 1.54) is 22.3 Å². The molecule has 5 heteroatoms. The molecule has 0 heterocycles. The Morgan fingerprint density at radius 1 is 0.720 bits per heavy atom. The van der Waals surface area contributed by atoms with Crippen molar-refractivity contribution in [2.24, 2.45) is 5.92 Å². The van der Waals surface area contributed by atoms with Crippen LogP contribution in [-0.2, 0) is 21.7 Å². The molecule has 2 aliphatic rings. The van der Waals surface area contributed by atoms with Crippen molar-refractivity contribution in [1.82, 2.24) is 0 Å². The van der Waals surface area contributed by atoms with Crippen molar-refractivity contribution in [2.75, 3.05) is 6.61 Å². The Morgan fingerprint density at radius 2 is 1.12 bits per heavy atom. The van der Waals surface area contributed by atoms with Gasteiger partial charge < -0.3 is 42.3 Å². The molecule has 0 saturated carbocycles. The zero-order valence-corrected chi connectivity index (χ0v) is 17.3. The zero-order valence-electron chi connectivity index (χ0n) is 13.4. The van der Waals surface area contributed by atoms with Crippen molar-refractivity contribution in [2.45, 2.75) is 11.8 Å². The normalized spacial score (nSPS) is 19.4. The largest absolute Gasteiger partial charge is 3.00 e. The first kappa shape index (κ1) is 24.5. The minimum Gasteiger partial charge on any atom is -1.00 e. The summed E-state index contributed by atoms with van der Waals surface area (Å²) in [7, 11) is 0. The first-order valence-corrected chi connectivity index (χ1v) is 7.53. The molecule has 1 nitrogen and oxygen atoms in total. The van der Waals surface area contributed by atoms with E-state index in [-0.39, 0.29) is 71.5 Å². The molecule has 129 valence electrons. The van der Waals surface area contributed by atoms with Gasteiger partial charge >= 0.3 is 21.7 Å². The Hall–Kier alpha value is -0.536. The molecule has 0 amide bonds. The van der Waals surface area contributed by atoms with Gasteiger partial charge in [-0.25, -0.2) is 0 Å². The molecule has 4 rings (SSSR count). The number of fused-ring (bicyclic) bond motifs is 2. The van der Waals surface area contributed by atoms with E-state index in [4.69, 9.17) is 0 Å². The van der Waals surface area contributed by atoms with E-state index < -0.39 is 0 Å². The van der Waals surface area contributed by atoms with Crippen LogP contribution in [0, 0.1) is 5.92 Å². The average molecular weight is 429 g/mol. The minimum atomic E-state index is 0. The van der Waals surface area contributed by atoms with Gasteiger partial charge in [0.2, 0.25) is 0 Å². The van der Waals surface area contributed by atoms with Gasteiger partial charge in [0.25, 0.3) is 0 Å². The molecular weight excluding hydrogens is 410 g/mol. The van der Waals surface area contributed by atoms with E-state index in [2.05, 4.69) is 72.8 Å². The standard InChI is InChI=1S/C20H18O.3ClH.Ti/c21-13-20(18-11-9-14-5-1-3-7-16(14)18)19-12-10-15-6-2-4-8-17(15)19;;;;/h1-12,18-21H,13H2;3*1H;/q;;;;+3/p-3. The molecule has 0 aliphatic heterocycles. The van der Waals surface area contributed by atoms with Crippen LogP contribution in [0.15, 0.2) is 60.7 Å². The molecule has 25 heavy (non-hydrogen) atoms. The van der Waals surface area contributed by atoms with E-state index in [0.29, 0.717) is 11.8 Å². The van der Waals surface area contributed by atoms with Gasteiger partial charge in [-0.3, -0.25) is 0 Å². The second-order valence-electron chi connectivity index (χ2n) is 5.87. The molecular formula is C20H18Cl3OTi. The fourth-order valence-electron chi connectivity index (χ4n) is 3.75. The van der Waals surface area contributed by atoms with Crippen LogP contribution in [0.25, 0.3) is 12.2 Å². The average Bonchev–Trinajstić information content (AvgIpc) is 3.14. The molecule has 1 N–H and O–H groups in total. The summed E-state index contributed by atoms with van der Waals surface area (Å²) < 4.78 is 0. The number of rotatable bonds is 3. The monoisotopic (exact) mass is 427 g/mol. The summed E-state index contributed by atoms with van der Waals surface area (Å²) in [4.78, 5) is 0. The van der Waals surface area contributed by atoms with Crippen LogP contribution >= 0.6 is 0 Å². The Labute approximate surface area is 182 Å². The van der Waals surface area contributed by atoms with E-state index in [9.17, 15) is 5.11 Å². The van der Waals surface area contributed by atoms with Crippen LogP contribution in [0.3, 0.4) is 0 Å². The van der Waals surface area contributed by atoms with E-state index in [1.807, 2.05) is 0 Å². The molecule has 2 aliphatic carbocycles. The second-order valence-corrected chi connectivity index (χ2v) is 5.87. The molecule has 0 aromatic heterocycles. The van der Waals surface area contributed by atoms with Crippen molar-refractivity contribution in [3.63, 3.8) is 0 Å². The van der Waals surface area contributed by atoms with Gasteiger partial charge in [-0.15, -0.1) is 0 Å². The van der Waals surface area contributed by atoms with Crippen LogP contribution in [0.5, 0.6) is 0 Å². The summed E-state index contributed by atoms with van der Waals surface area (Å²) in [5.74, 6) is 0.795. The van der Waals surface area contributed by atoms with Crippen LogP contribution in [0.4, 0.5) is 0 Å². The summed E-state index contributed by atoms with van der Waals surface area (Å²) in [6.07, 6.45) is 8.88. The first-order chi connectivity index (χ1) is 10.4. The number of allylic oxidation sites excluding steroid dienone is 2. The van der Waals surface area contributed by atoms with Crippen molar-refractivity contribution < 1.29 is 64.0 Å². The van der Waals surface area contributed by atoms with Gasteiger partial charge in [-0.2, -0.15) is 0 Å². The van der Waals surface area contributed by atoms with Gasteiger partial charge in [0, 0.05) is 24.4 Å². The van der Waals surface area contributed by atoms with Gasteiger partial charge in [-0.1, -0.05) is 72.8 Å². The molecule has 1 radical (unpaired) electrons. The maximum absolute atomic E-state index is 10.0. The third-order valence-electron chi connectivity index (χ3n) is 4.81. The van der Waals surface area contributed by atoms with Gasteiger partial charge in [0.05, 0.1) is 0 Å². The molecule has 0 bridgehead atoms. The maximum Gasteiger partial charge on any atom is 3.00 e. The number of aliphatic hydroxyl groups excluding tert-OH is 1. The fourth-order valence-corrected chi connectivity index (χ4v) is 3.75. The number of aliphatic hydroxyl groups is 1. The molecule has 2 aromatic carbocycles. The van der Waals surface area contributed by atoms with Crippen molar-refractivity contribution in [3.05, 3.63) is 82.9 Å². The minimum absolute atomic E-state index is 0. The Morgan fingerprint density at radius 3 is 1.52 bits per heavy atom. The predicted octanol–water partition coefficient (Wildman–Crippen LogP) is -4.77. The predicted molar refractivity (Wildman–Crippen MR) is 87.0 cm³/mol. The number of benzene rings is 2. The van der Waals surface area contributed by atoms with Crippen LogP contribution in [0.2, 0.25) is 0 Å². The van der Waals surface area contributed by atoms with Gasteiger partial charge in [-0.05, 0) is 22.3 Å². The Kier molecular flexibility index (Phi) is 10.3. The molecule has 2 unspecified atom stereocenters. The molecule has 2 atom stereocenters. The molecule has 0 spiro atoms. The summed E-state index contributed by atoms with van der Waals surface area (Å²) >= 11 is 0. The third-order valence-corrected chi connectivity index (χ3v) is 4.81. The SMILES string of the molecule is OCC(C1C=Cc2ccccc21)C1C=Cc2ccccc21.[Cl-].[Cl-].[Cl-].[Ti+3]. The van der Waals surface area contributed by atoms with Crippen molar-refractivity contribution >= 4 is 12.2 Å². The first-order valence-electron chi connectivity index (χ1n) is 7.53. The van der Waals surface area contributed by atoms with Gasteiger partial charge in [0.1, 0.15) is 0 Å². The van der Waals surface area contributed by atoms with E-state index >= 15 is 0 Å². The van der Waals surface area contributed by atoms with Crippen molar-refractivity contribution in [3.8, 4) is 0 Å². The third kappa shape index (κ3) is 4.42. The molecule has 2 aromatic rings. The zero-order chi connectivity index (χ0) is 14.2. The quantitative estimate of drug-likeness (QED) is 0.487. The smallest absolute Gasteiger partial charge is 1.00 e. The number of halogens is 3. The topological polar surface area (TPSA) is 20.2 Å².